The van der Waals surface area contributed by atoms with Gasteiger partial charge in [-0.3, -0.25) is 4.90 Å². The van der Waals surface area contributed by atoms with Crippen molar-refractivity contribution in [3.05, 3.63) is 0 Å². The number of hydrogen-bond donors (Lipinski definition) is 1. The molecule has 0 aromatic carbocycles. The van der Waals surface area contributed by atoms with Gasteiger partial charge in [0.15, 0.2) is 0 Å². The van der Waals surface area contributed by atoms with E-state index in [0.29, 0.717) is 0 Å². The first-order chi connectivity index (χ1) is 9.72. The maximum Gasteiger partial charge on any atom is 0.0124 e. The smallest absolute Gasteiger partial charge is 0.0124 e. The van der Waals surface area contributed by atoms with Gasteiger partial charge in [-0.25, -0.2) is 0 Å². The lowest BCUT2D eigenvalue weighted by Gasteiger charge is -2.60. The van der Waals surface area contributed by atoms with Crippen LogP contribution in [0.2, 0.25) is 0 Å². The van der Waals surface area contributed by atoms with E-state index in [1.54, 1.807) is 38.5 Å². The average molecular weight is 274 g/mol. The normalized spacial score (nSPS) is 55.4. The highest BCUT2D eigenvalue weighted by Crippen LogP contribution is 2.62. The molecular formula is C18H30N2. The minimum atomic E-state index is 0.723. The molecule has 20 heavy (non-hydrogen) atoms. The maximum atomic E-state index is 3.59. The molecule has 2 heteroatoms. The Morgan fingerprint density at radius 2 is 1.40 bits per heavy atom. The molecule has 2 nitrogen and oxygen atoms in total. The molecule has 1 unspecified atom stereocenters. The zero-order valence-electron chi connectivity index (χ0n) is 13.0. The van der Waals surface area contributed by atoms with Crippen LogP contribution < -0.4 is 5.32 Å². The predicted molar refractivity (Wildman–Crippen MR) is 81.5 cm³/mol. The van der Waals surface area contributed by atoms with E-state index in [2.05, 4.69) is 17.1 Å². The van der Waals surface area contributed by atoms with Crippen LogP contribution in [0.5, 0.6) is 0 Å². The van der Waals surface area contributed by atoms with Crippen molar-refractivity contribution in [1.29, 1.82) is 0 Å². The molecule has 0 spiro atoms. The van der Waals surface area contributed by atoms with E-state index in [1.165, 1.54) is 26.2 Å². The first kappa shape index (κ1) is 12.5. The fourth-order valence-electron chi connectivity index (χ4n) is 7.28. The van der Waals surface area contributed by atoms with Crippen LogP contribution in [0.15, 0.2) is 0 Å². The van der Waals surface area contributed by atoms with Gasteiger partial charge in [-0.2, -0.15) is 0 Å². The van der Waals surface area contributed by atoms with Gasteiger partial charge in [-0.15, -0.1) is 0 Å². The van der Waals surface area contributed by atoms with E-state index in [9.17, 15) is 0 Å². The SMILES string of the molecule is CC(N1C[C@H]2CNC[C@H]2C1)C12CC3CC(CC(C3)C1)C2. The van der Waals surface area contributed by atoms with E-state index >= 15 is 0 Å². The van der Waals surface area contributed by atoms with Crippen molar-refractivity contribution < 1.29 is 0 Å². The molecule has 6 fully saturated rings. The monoisotopic (exact) mass is 274 g/mol. The van der Waals surface area contributed by atoms with Crippen LogP contribution in [0, 0.1) is 35.0 Å². The molecule has 3 atom stereocenters. The molecule has 6 aliphatic rings. The van der Waals surface area contributed by atoms with E-state index in [0.717, 1.165) is 41.0 Å². The highest BCUT2D eigenvalue weighted by atomic mass is 15.2. The third kappa shape index (κ3) is 1.70. The average Bonchev–Trinajstić information content (AvgIpc) is 2.96. The van der Waals surface area contributed by atoms with Crippen LogP contribution >= 0.6 is 0 Å². The Labute approximate surface area is 123 Å². The second kappa shape index (κ2) is 4.23. The van der Waals surface area contributed by atoms with Gasteiger partial charge in [0.1, 0.15) is 0 Å². The fraction of sp³-hybridized carbons (Fsp3) is 1.00. The van der Waals surface area contributed by atoms with Crippen LogP contribution in [0.1, 0.15) is 45.4 Å². The van der Waals surface area contributed by atoms with Crippen molar-refractivity contribution in [3.8, 4) is 0 Å². The van der Waals surface area contributed by atoms with Gasteiger partial charge in [0, 0.05) is 19.1 Å². The molecule has 4 saturated carbocycles. The van der Waals surface area contributed by atoms with Crippen LogP contribution in [0.3, 0.4) is 0 Å². The maximum absolute atomic E-state index is 3.59. The first-order valence-electron chi connectivity index (χ1n) is 9.17. The summed E-state index contributed by atoms with van der Waals surface area (Å²) in [6.07, 6.45) is 9.47. The number of nitrogens with one attached hydrogen (secondary N) is 1. The van der Waals surface area contributed by atoms with Gasteiger partial charge in [-0.1, -0.05) is 0 Å². The molecule has 0 radical (unpaired) electrons. The summed E-state index contributed by atoms with van der Waals surface area (Å²) in [6.45, 7) is 7.95. The van der Waals surface area contributed by atoms with Crippen molar-refractivity contribution in [2.75, 3.05) is 26.2 Å². The van der Waals surface area contributed by atoms with Crippen molar-refractivity contribution in [1.82, 2.24) is 10.2 Å². The largest absolute Gasteiger partial charge is 0.316 e. The quantitative estimate of drug-likeness (QED) is 0.833. The molecule has 0 aromatic rings. The van der Waals surface area contributed by atoms with Crippen LogP contribution in [-0.4, -0.2) is 37.1 Å². The lowest BCUT2D eigenvalue weighted by molar-refractivity contribution is -0.0940. The lowest BCUT2D eigenvalue weighted by atomic mass is 9.47. The number of fused-ring (bicyclic) bond motifs is 1. The molecule has 0 amide bonds. The molecule has 1 N–H and O–H groups in total. The second-order valence-corrected chi connectivity index (χ2v) is 9.09. The molecule has 4 aliphatic carbocycles. The van der Waals surface area contributed by atoms with Crippen molar-refractivity contribution in [2.24, 2.45) is 35.0 Å². The Kier molecular flexibility index (Phi) is 2.63. The van der Waals surface area contributed by atoms with Crippen LogP contribution in [0.4, 0.5) is 0 Å². The Hall–Kier alpha value is -0.0800. The van der Waals surface area contributed by atoms with Gasteiger partial charge >= 0.3 is 0 Å². The third-order valence-electron chi connectivity index (χ3n) is 7.94. The Bertz CT molecular complexity index is 357. The minimum absolute atomic E-state index is 0.723. The summed E-state index contributed by atoms with van der Waals surface area (Å²) in [5.74, 6) is 5.24. The summed E-state index contributed by atoms with van der Waals surface area (Å²) in [5, 5.41) is 3.59. The number of nitrogens with zero attached hydrogens (tertiary/aromatic N) is 1. The Morgan fingerprint density at radius 3 is 1.90 bits per heavy atom. The summed E-state index contributed by atoms with van der Waals surface area (Å²) in [5.41, 5.74) is 0.723. The molecule has 2 saturated heterocycles. The predicted octanol–water partition coefficient (Wildman–Crippen LogP) is 2.74. The van der Waals surface area contributed by atoms with Crippen molar-refractivity contribution >= 4 is 0 Å². The van der Waals surface area contributed by atoms with Crippen LogP contribution in [-0.2, 0) is 0 Å². The van der Waals surface area contributed by atoms with E-state index in [-0.39, 0.29) is 0 Å². The van der Waals surface area contributed by atoms with E-state index in [1.807, 2.05) is 0 Å². The summed E-state index contributed by atoms with van der Waals surface area (Å²) in [7, 11) is 0. The molecular weight excluding hydrogens is 244 g/mol. The van der Waals surface area contributed by atoms with Gasteiger partial charge in [0.05, 0.1) is 0 Å². The Morgan fingerprint density at radius 1 is 0.900 bits per heavy atom. The van der Waals surface area contributed by atoms with Gasteiger partial charge < -0.3 is 5.32 Å². The Balaban J connectivity index is 1.37. The summed E-state index contributed by atoms with van der Waals surface area (Å²) in [6, 6.07) is 0.862. The van der Waals surface area contributed by atoms with Crippen molar-refractivity contribution in [2.45, 2.75) is 51.5 Å². The summed E-state index contributed by atoms with van der Waals surface area (Å²) in [4.78, 5) is 2.91. The molecule has 4 bridgehead atoms. The van der Waals surface area contributed by atoms with Crippen molar-refractivity contribution in [3.63, 3.8) is 0 Å². The number of rotatable bonds is 2. The zero-order valence-corrected chi connectivity index (χ0v) is 13.0. The number of hydrogen-bond acceptors (Lipinski definition) is 2. The molecule has 0 aromatic heterocycles. The summed E-state index contributed by atoms with van der Waals surface area (Å²) >= 11 is 0. The van der Waals surface area contributed by atoms with E-state index in [4.69, 9.17) is 0 Å². The standard InChI is InChI=1S/C18H30N2/c1-12(20-10-16-8-19-9-17(16)11-20)18-5-13-2-14(6-18)4-15(3-13)7-18/h12-17,19H,2-11H2,1H3/t12?,13?,14?,15?,16-,17+,18?. The fourth-order valence-corrected chi connectivity index (χ4v) is 7.28. The van der Waals surface area contributed by atoms with Crippen LogP contribution in [0.25, 0.3) is 0 Å². The van der Waals surface area contributed by atoms with Gasteiger partial charge in [0.25, 0.3) is 0 Å². The highest BCUT2D eigenvalue weighted by molar-refractivity contribution is 5.07. The molecule has 2 heterocycles. The first-order valence-corrected chi connectivity index (χ1v) is 9.17. The third-order valence-corrected chi connectivity index (χ3v) is 7.94. The zero-order chi connectivity index (χ0) is 13.3. The second-order valence-electron chi connectivity index (χ2n) is 9.09. The van der Waals surface area contributed by atoms with Gasteiger partial charge in [-0.05, 0) is 93.5 Å². The lowest BCUT2D eigenvalue weighted by Crippen LogP contribution is -2.55. The highest BCUT2D eigenvalue weighted by Gasteiger charge is 2.55. The minimum Gasteiger partial charge on any atom is -0.316 e. The van der Waals surface area contributed by atoms with Gasteiger partial charge in [0.2, 0.25) is 0 Å². The summed E-state index contributed by atoms with van der Waals surface area (Å²) < 4.78 is 0. The molecule has 2 aliphatic heterocycles. The number of likely N-dealkylation sites (tertiary alicyclic amines) is 1. The molecule has 6 rings (SSSR count). The molecule has 112 valence electrons. The topological polar surface area (TPSA) is 15.3 Å². The van der Waals surface area contributed by atoms with E-state index < -0.39 is 0 Å².